The molecule has 0 bridgehead atoms. The number of aliphatic hydroxyl groups is 1. The van der Waals surface area contributed by atoms with Crippen LogP contribution in [-0.4, -0.2) is 33.3 Å². The second-order valence-corrected chi connectivity index (χ2v) is 8.03. The highest BCUT2D eigenvalue weighted by atomic mass is 32.1. The van der Waals surface area contributed by atoms with E-state index in [0.29, 0.717) is 10.6 Å². The van der Waals surface area contributed by atoms with Crippen LogP contribution in [0.25, 0.3) is 12.2 Å². The molecule has 2 rings (SSSR count). The van der Waals surface area contributed by atoms with E-state index in [1.165, 1.54) is 11.3 Å². The third kappa shape index (κ3) is 5.02. The van der Waals surface area contributed by atoms with Crippen LogP contribution in [0.15, 0.2) is 4.52 Å². The van der Waals surface area contributed by atoms with Gasteiger partial charge >= 0.3 is 0 Å². The van der Waals surface area contributed by atoms with Crippen molar-refractivity contribution in [3.05, 3.63) is 32.6 Å². The van der Waals surface area contributed by atoms with E-state index in [4.69, 9.17) is 4.52 Å². The molecule has 0 saturated heterocycles. The molecule has 2 N–H and O–H groups in total. The number of aryl methyl sites for hydroxylation is 3. The first-order valence-corrected chi connectivity index (χ1v) is 9.63. The fourth-order valence-corrected chi connectivity index (χ4v) is 3.29. The predicted molar refractivity (Wildman–Crippen MR) is 104 cm³/mol. The number of aromatic nitrogens is 2. The van der Waals surface area contributed by atoms with Gasteiger partial charge in [-0.15, -0.1) is 11.3 Å². The van der Waals surface area contributed by atoms with Crippen molar-refractivity contribution >= 4 is 29.4 Å². The first kappa shape index (κ1) is 20.3. The quantitative estimate of drug-likeness (QED) is 0.731. The van der Waals surface area contributed by atoms with E-state index in [9.17, 15) is 9.90 Å². The highest BCUT2D eigenvalue weighted by molar-refractivity contribution is 7.14. The maximum atomic E-state index is 12.4. The zero-order valence-corrected chi connectivity index (χ0v) is 16.9. The highest BCUT2D eigenvalue weighted by Gasteiger charge is 2.23. The SMILES string of the molecule is CCCCc1noc(C)c1/C=C/c1nc(C)c(C(=O)NC(C)(C)CO)s1. The average Bonchev–Trinajstić information content (AvgIpc) is 3.13. The molecule has 2 aromatic heterocycles. The van der Waals surface area contributed by atoms with Gasteiger partial charge in [-0.2, -0.15) is 0 Å². The van der Waals surface area contributed by atoms with Gasteiger partial charge in [0.2, 0.25) is 0 Å². The molecule has 0 unspecified atom stereocenters. The summed E-state index contributed by atoms with van der Waals surface area (Å²) in [6.07, 6.45) is 6.89. The minimum Gasteiger partial charge on any atom is -0.394 e. The summed E-state index contributed by atoms with van der Waals surface area (Å²) in [5.41, 5.74) is 1.95. The van der Waals surface area contributed by atoms with E-state index in [2.05, 4.69) is 22.4 Å². The van der Waals surface area contributed by atoms with Crippen molar-refractivity contribution in [3.8, 4) is 0 Å². The van der Waals surface area contributed by atoms with E-state index in [-0.39, 0.29) is 12.5 Å². The fourth-order valence-electron chi connectivity index (χ4n) is 2.42. The fraction of sp³-hybridized carbons (Fsp3) is 0.526. The Hall–Kier alpha value is -1.99. The molecule has 6 nitrogen and oxygen atoms in total. The standard InChI is InChI=1S/C19H27N3O3S/c1-6-7-8-15-14(13(3)25-22-15)9-10-16-20-12(2)17(26-16)18(24)21-19(4,5)11-23/h9-10,23H,6-8,11H2,1-5H3,(H,21,24)/b10-9+. The molecular weight excluding hydrogens is 350 g/mol. The summed E-state index contributed by atoms with van der Waals surface area (Å²) in [7, 11) is 0. The van der Waals surface area contributed by atoms with Crippen LogP contribution in [-0.2, 0) is 6.42 Å². The number of nitrogens with one attached hydrogen (secondary N) is 1. The van der Waals surface area contributed by atoms with Crippen LogP contribution in [0.3, 0.4) is 0 Å². The molecule has 7 heteroatoms. The topological polar surface area (TPSA) is 88.2 Å². The number of thiazole rings is 1. The van der Waals surface area contributed by atoms with Crippen LogP contribution >= 0.6 is 11.3 Å². The Labute approximate surface area is 158 Å². The summed E-state index contributed by atoms with van der Waals surface area (Å²) in [6.45, 7) is 9.27. The smallest absolute Gasteiger partial charge is 0.263 e. The third-order valence-corrected chi connectivity index (χ3v) is 5.13. The van der Waals surface area contributed by atoms with Gasteiger partial charge in [-0.25, -0.2) is 4.98 Å². The Morgan fingerprint density at radius 3 is 2.73 bits per heavy atom. The van der Waals surface area contributed by atoms with Crippen LogP contribution in [0.4, 0.5) is 0 Å². The number of rotatable bonds is 8. The summed E-state index contributed by atoms with van der Waals surface area (Å²) in [5.74, 6) is 0.562. The van der Waals surface area contributed by atoms with Crippen LogP contribution in [0.2, 0.25) is 0 Å². The largest absolute Gasteiger partial charge is 0.394 e. The van der Waals surface area contributed by atoms with Gasteiger partial charge in [0.25, 0.3) is 5.91 Å². The van der Waals surface area contributed by atoms with Gasteiger partial charge in [0.1, 0.15) is 15.6 Å². The van der Waals surface area contributed by atoms with E-state index < -0.39 is 5.54 Å². The zero-order chi connectivity index (χ0) is 19.3. The first-order valence-electron chi connectivity index (χ1n) is 8.81. The molecule has 2 heterocycles. The normalized spacial score (nSPS) is 12.1. The van der Waals surface area contributed by atoms with Gasteiger partial charge in [-0.05, 0) is 52.7 Å². The van der Waals surface area contributed by atoms with Crippen molar-refractivity contribution in [3.63, 3.8) is 0 Å². The Morgan fingerprint density at radius 2 is 2.08 bits per heavy atom. The third-order valence-electron chi connectivity index (χ3n) is 4.01. The summed E-state index contributed by atoms with van der Waals surface area (Å²) < 4.78 is 5.31. The molecule has 0 aliphatic carbocycles. The minimum atomic E-state index is -0.669. The number of carbonyl (C=O) groups is 1. The van der Waals surface area contributed by atoms with Crippen LogP contribution in [0.5, 0.6) is 0 Å². The summed E-state index contributed by atoms with van der Waals surface area (Å²) in [5, 5.41) is 17.0. The monoisotopic (exact) mass is 377 g/mol. The summed E-state index contributed by atoms with van der Waals surface area (Å²) in [4.78, 5) is 17.4. The van der Waals surface area contributed by atoms with Crippen LogP contribution < -0.4 is 5.32 Å². The number of amides is 1. The molecule has 142 valence electrons. The molecule has 0 aromatic carbocycles. The summed E-state index contributed by atoms with van der Waals surface area (Å²) >= 11 is 1.33. The molecular formula is C19H27N3O3S. The van der Waals surface area contributed by atoms with Crippen LogP contribution in [0.1, 0.15) is 71.0 Å². The lowest BCUT2D eigenvalue weighted by molar-refractivity contribution is 0.0872. The number of hydrogen-bond donors (Lipinski definition) is 2. The number of carbonyl (C=O) groups excluding carboxylic acids is 1. The van der Waals surface area contributed by atoms with E-state index in [0.717, 1.165) is 41.3 Å². The Kier molecular flexibility index (Phi) is 6.72. The van der Waals surface area contributed by atoms with Gasteiger partial charge in [0.15, 0.2) is 0 Å². The van der Waals surface area contributed by atoms with Crippen molar-refractivity contribution in [1.82, 2.24) is 15.5 Å². The molecule has 0 atom stereocenters. The molecule has 0 saturated carbocycles. The van der Waals surface area contributed by atoms with Crippen molar-refractivity contribution in [2.24, 2.45) is 0 Å². The lowest BCUT2D eigenvalue weighted by Gasteiger charge is -2.22. The second kappa shape index (κ2) is 8.60. The van der Waals surface area contributed by atoms with E-state index >= 15 is 0 Å². The number of unbranched alkanes of at least 4 members (excludes halogenated alkanes) is 1. The number of aliphatic hydroxyl groups excluding tert-OH is 1. The molecule has 0 spiro atoms. The van der Waals surface area contributed by atoms with Gasteiger partial charge in [-0.1, -0.05) is 18.5 Å². The lowest BCUT2D eigenvalue weighted by atomic mass is 10.1. The van der Waals surface area contributed by atoms with Crippen molar-refractivity contribution < 1.29 is 14.4 Å². The van der Waals surface area contributed by atoms with Crippen molar-refractivity contribution in [2.75, 3.05) is 6.61 Å². The van der Waals surface area contributed by atoms with Gasteiger partial charge < -0.3 is 14.9 Å². The molecule has 0 radical (unpaired) electrons. The molecule has 0 aliphatic heterocycles. The predicted octanol–water partition coefficient (Wildman–Crippen LogP) is 3.76. The molecule has 0 fully saturated rings. The maximum Gasteiger partial charge on any atom is 0.263 e. The minimum absolute atomic E-state index is 0.128. The number of nitrogens with zero attached hydrogens (tertiary/aromatic N) is 2. The lowest BCUT2D eigenvalue weighted by Crippen LogP contribution is -2.46. The molecule has 1 amide bonds. The number of hydrogen-bond acceptors (Lipinski definition) is 6. The maximum absolute atomic E-state index is 12.4. The van der Waals surface area contributed by atoms with Gasteiger partial charge in [0, 0.05) is 5.56 Å². The molecule has 0 aliphatic rings. The zero-order valence-electron chi connectivity index (χ0n) is 16.0. The highest BCUT2D eigenvalue weighted by Crippen LogP contribution is 2.23. The summed E-state index contributed by atoms with van der Waals surface area (Å²) in [6, 6.07) is 0. The second-order valence-electron chi connectivity index (χ2n) is 7.00. The first-order chi connectivity index (χ1) is 12.3. The van der Waals surface area contributed by atoms with Gasteiger partial charge in [-0.3, -0.25) is 4.79 Å². The van der Waals surface area contributed by atoms with E-state index in [1.54, 1.807) is 13.8 Å². The molecule has 26 heavy (non-hydrogen) atoms. The van der Waals surface area contributed by atoms with Gasteiger partial charge in [0.05, 0.1) is 23.5 Å². The van der Waals surface area contributed by atoms with Crippen LogP contribution in [0, 0.1) is 13.8 Å². The Morgan fingerprint density at radius 1 is 1.35 bits per heavy atom. The van der Waals surface area contributed by atoms with Crippen molar-refractivity contribution in [1.29, 1.82) is 0 Å². The average molecular weight is 378 g/mol. The van der Waals surface area contributed by atoms with Crippen molar-refractivity contribution in [2.45, 2.75) is 59.4 Å². The Balaban J connectivity index is 2.18. The Bertz CT molecular complexity index is 790. The van der Waals surface area contributed by atoms with E-state index in [1.807, 2.05) is 26.0 Å². The molecule has 2 aromatic rings.